The van der Waals surface area contributed by atoms with Crippen molar-refractivity contribution in [2.24, 2.45) is 5.73 Å². The van der Waals surface area contributed by atoms with Gasteiger partial charge in [-0.05, 0) is 25.5 Å². The fourth-order valence-electron chi connectivity index (χ4n) is 1.74. The van der Waals surface area contributed by atoms with E-state index >= 15 is 0 Å². The second kappa shape index (κ2) is 7.48. The summed E-state index contributed by atoms with van der Waals surface area (Å²) >= 11 is 1.42. The molecule has 1 rings (SSSR count). The van der Waals surface area contributed by atoms with Crippen LogP contribution in [0.5, 0.6) is 11.5 Å². The molecule has 102 valence electrons. The maximum atomic E-state index is 12.3. The number of benzene rings is 1. The number of thioether (sulfide) groups is 1. The number of rotatable bonds is 7. The minimum atomic E-state index is -0.367. The van der Waals surface area contributed by atoms with E-state index in [9.17, 15) is 4.39 Å². The molecule has 0 radical (unpaired) electrons. The fraction of sp³-hybridized carbons (Fsp3) is 0.538. The second-order valence-corrected chi connectivity index (χ2v) is 5.17. The van der Waals surface area contributed by atoms with Gasteiger partial charge in [-0.1, -0.05) is 0 Å². The number of alkyl halides is 1. The molecular formula is C13H20FNO2S. The second-order valence-electron chi connectivity index (χ2n) is 4.04. The molecule has 1 aromatic rings. The smallest absolute Gasteiger partial charge is 0.135 e. The van der Waals surface area contributed by atoms with Gasteiger partial charge in [0.1, 0.15) is 11.5 Å². The molecule has 0 aliphatic rings. The molecule has 0 aromatic heterocycles. The van der Waals surface area contributed by atoms with Crippen molar-refractivity contribution >= 4 is 11.8 Å². The summed E-state index contributed by atoms with van der Waals surface area (Å²) in [7, 11) is 3.23. The number of halogens is 1. The topological polar surface area (TPSA) is 44.5 Å². The molecule has 0 spiro atoms. The van der Waals surface area contributed by atoms with Gasteiger partial charge in [-0.15, -0.1) is 11.8 Å². The van der Waals surface area contributed by atoms with Crippen LogP contribution >= 0.6 is 11.8 Å². The molecule has 0 heterocycles. The average molecular weight is 273 g/mol. The van der Waals surface area contributed by atoms with E-state index in [1.165, 1.54) is 11.8 Å². The first-order valence-electron chi connectivity index (χ1n) is 5.81. The average Bonchev–Trinajstić information content (AvgIpc) is 2.34. The normalized spacial score (nSPS) is 12.3. The Morgan fingerprint density at radius 1 is 1.33 bits per heavy atom. The van der Waals surface area contributed by atoms with Gasteiger partial charge in [-0.25, -0.2) is 0 Å². The van der Waals surface area contributed by atoms with E-state index in [1.54, 1.807) is 14.2 Å². The molecule has 2 N–H and O–H groups in total. The van der Waals surface area contributed by atoms with Crippen LogP contribution < -0.4 is 15.2 Å². The number of hydrogen-bond donors (Lipinski definition) is 1. The van der Waals surface area contributed by atoms with Gasteiger partial charge in [0.15, 0.2) is 0 Å². The Balaban J connectivity index is 3.12. The molecule has 0 amide bonds. The lowest BCUT2D eigenvalue weighted by Gasteiger charge is -2.16. The summed E-state index contributed by atoms with van der Waals surface area (Å²) in [5.41, 5.74) is 6.82. The highest BCUT2D eigenvalue weighted by Gasteiger charge is 2.14. The van der Waals surface area contributed by atoms with E-state index in [0.717, 1.165) is 22.0 Å². The molecule has 0 saturated carbocycles. The third-order valence-electron chi connectivity index (χ3n) is 2.42. The predicted molar refractivity (Wildman–Crippen MR) is 73.6 cm³/mol. The van der Waals surface area contributed by atoms with E-state index in [2.05, 4.69) is 0 Å². The van der Waals surface area contributed by atoms with Crippen molar-refractivity contribution in [3.8, 4) is 11.5 Å². The zero-order valence-corrected chi connectivity index (χ0v) is 11.8. The maximum absolute atomic E-state index is 12.3. The molecule has 0 aliphatic heterocycles. The molecule has 18 heavy (non-hydrogen) atoms. The molecule has 0 aliphatic carbocycles. The van der Waals surface area contributed by atoms with Gasteiger partial charge in [0, 0.05) is 17.4 Å². The first-order chi connectivity index (χ1) is 8.62. The number of hydrogen-bond acceptors (Lipinski definition) is 4. The SMILES string of the molecule is COc1cc(C[C@@H](C)N)c(OC)c(SCCF)c1. The highest BCUT2D eigenvalue weighted by Crippen LogP contribution is 2.37. The van der Waals surface area contributed by atoms with E-state index in [-0.39, 0.29) is 12.7 Å². The number of nitrogens with two attached hydrogens (primary N) is 1. The van der Waals surface area contributed by atoms with Gasteiger partial charge >= 0.3 is 0 Å². The van der Waals surface area contributed by atoms with Crippen molar-refractivity contribution in [2.45, 2.75) is 24.3 Å². The van der Waals surface area contributed by atoms with E-state index in [0.29, 0.717) is 12.2 Å². The Hall–Kier alpha value is -0.940. The molecule has 1 aromatic carbocycles. The summed E-state index contributed by atoms with van der Waals surface area (Å²) in [4.78, 5) is 0.894. The van der Waals surface area contributed by atoms with Gasteiger partial charge < -0.3 is 15.2 Å². The van der Waals surface area contributed by atoms with Crippen molar-refractivity contribution in [2.75, 3.05) is 26.6 Å². The van der Waals surface area contributed by atoms with Gasteiger partial charge in [-0.2, -0.15) is 0 Å². The third-order valence-corrected chi connectivity index (χ3v) is 3.39. The van der Waals surface area contributed by atoms with Crippen molar-refractivity contribution < 1.29 is 13.9 Å². The van der Waals surface area contributed by atoms with Crippen molar-refractivity contribution in [3.05, 3.63) is 17.7 Å². The van der Waals surface area contributed by atoms with Crippen LogP contribution in [0, 0.1) is 0 Å². The van der Waals surface area contributed by atoms with Crippen LogP contribution in [-0.4, -0.2) is 32.7 Å². The Morgan fingerprint density at radius 2 is 2.06 bits per heavy atom. The minimum Gasteiger partial charge on any atom is -0.497 e. The van der Waals surface area contributed by atoms with Crippen LogP contribution in [0.2, 0.25) is 0 Å². The molecular weight excluding hydrogens is 253 g/mol. The molecule has 1 atom stereocenters. The highest BCUT2D eigenvalue weighted by atomic mass is 32.2. The highest BCUT2D eigenvalue weighted by molar-refractivity contribution is 7.99. The van der Waals surface area contributed by atoms with Gasteiger partial charge in [-0.3, -0.25) is 4.39 Å². The van der Waals surface area contributed by atoms with Crippen LogP contribution in [-0.2, 0) is 6.42 Å². The quantitative estimate of drug-likeness (QED) is 0.776. The first kappa shape index (κ1) is 15.1. The van der Waals surface area contributed by atoms with Gasteiger partial charge in [0.05, 0.1) is 25.8 Å². The Kier molecular flexibility index (Phi) is 6.29. The zero-order chi connectivity index (χ0) is 13.5. The largest absolute Gasteiger partial charge is 0.497 e. The lowest BCUT2D eigenvalue weighted by Crippen LogP contribution is -2.18. The molecule has 5 heteroatoms. The summed E-state index contributed by atoms with van der Waals surface area (Å²) in [5.74, 6) is 1.92. The summed E-state index contributed by atoms with van der Waals surface area (Å²) in [6, 6.07) is 3.82. The summed E-state index contributed by atoms with van der Waals surface area (Å²) in [5, 5.41) is 0. The molecule has 3 nitrogen and oxygen atoms in total. The van der Waals surface area contributed by atoms with E-state index < -0.39 is 0 Å². The molecule has 0 unspecified atom stereocenters. The Bertz CT molecular complexity index is 385. The van der Waals surface area contributed by atoms with Crippen LogP contribution in [0.15, 0.2) is 17.0 Å². The molecule has 0 bridgehead atoms. The number of ether oxygens (including phenoxy) is 2. The Morgan fingerprint density at radius 3 is 2.56 bits per heavy atom. The minimum absolute atomic E-state index is 0.0324. The lowest BCUT2D eigenvalue weighted by atomic mass is 10.1. The lowest BCUT2D eigenvalue weighted by molar-refractivity contribution is 0.388. The van der Waals surface area contributed by atoms with Gasteiger partial charge in [0.25, 0.3) is 0 Å². The summed E-state index contributed by atoms with van der Waals surface area (Å²) < 4.78 is 23.0. The first-order valence-corrected chi connectivity index (χ1v) is 6.80. The van der Waals surface area contributed by atoms with Gasteiger partial charge in [0.2, 0.25) is 0 Å². The maximum Gasteiger partial charge on any atom is 0.135 e. The zero-order valence-electron chi connectivity index (χ0n) is 11.0. The predicted octanol–water partition coefficient (Wildman–Crippen LogP) is 2.66. The third kappa shape index (κ3) is 4.07. The molecule has 0 saturated heterocycles. The van der Waals surface area contributed by atoms with Crippen molar-refractivity contribution in [1.82, 2.24) is 0 Å². The van der Waals surface area contributed by atoms with Crippen LogP contribution in [0.25, 0.3) is 0 Å². The van der Waals surface area contributed by atoms with Crippen LogP contribution in [0.3, 0.4) is 0 Å². The summed E-state index contributed by atoms with van der Waals surface area (Å²) in [6.45, 7) is 1.57. The van der Waals surface area contributed by atoms with Crippen molar-refractivity contribution in [1.29, 1.82) is 0 Å². The van der Waals surface area contributed by atoms with E-state index in [1.807, 2.05) is 19.1 Å². The fourth-order valence-corrected chi connectivity index (χ4v) is 2.58. The number of methoxy groups -OCH3 is 2. The Labute approximate surface area is 112 Å². The summed E-state index contributed by atoms with van der Waals surface area (Å²) in [6.07, 6.45) is 0.698. The van der Waals surface area contributed by atoms with E-state index in [4.69, 9.17) is 15.2 Å². The monoisotopic (exact) mass is 273 g/mol. The standard InChI is InChI=1S/C13H20FNO2S/c1-9(15)6-10-7-11(16-2)8-12(13(10)17-3)18-5-4-14/h7-9H,4-6,15H2,1-3H3/t9-/m1/s1. The van der Waals surface area contributed by atoms with Crippen LogP contribution in [0.4, 0.5) is 4.39 Å². The molecule has 0 fully saturated rings. The van der Waals surface area contributed by atoms with Crippen LogP contribution in [0.1, 0.15) is 12.5 Å². The van der Waals surface area contributed by atoms with Crippen molar-refractivity contribution in [3.63, 3.8) is 0 Å².